The van der Waals surface area contributed by atoms with Gasteiger partial charge in [0.25, 0.3) is 9.24 Å². The molecule has 5 nitrogen and oxygen atoms in total. The van der Waals surface area contributed by atoms with Crippen molar-refractivity contribution in [3.63, 3.8) is 0 Å². The van der Waals surface area contributed by atoms with Crippen molar-refractivity contribution in [3.8, 4) is 0 Å². The predicted octanol–water partition coefficient (Wildman–Crippen LogP) is 0.587. The molecule has 1 fully saturated rings. The maximum atomic E-state index is 9.18. The molecule has 7 heteroatoms. The van der Waals surface area contributed by atoms with Gasteiger partial charge in [0.15, 0.2) is 5.79 Å². The second kappa shape index (κ2) is 4.56. The van der Waals surface area contributed by atoms with Gasteiger partial charge in [0.05, 0.1) is 12.7 Å². The summed E-state index contributed by atoms with van der Waals surface area (Å²) in [6.07, 6.45) is 0.269. The lowest BCUT2D eigenvalue weighted by molar-refractivity contribution is -0.136. The van der Waals surface area contributed by atoms with Gasteiger partial charge in [-0.05, 0) is 20.8 Å². The van der Waals surface area contributed by atoms with Gasteiger partial charge in [0.2, 0.25) is 0 Å². The summed E-state index contributed by atoms with van der Waals surface area (Å²) in [4.78, 5) is 0. The Morgan fingerprint density at radius 2 is 1.92 bits per heavy atom. The summed E-state index contributed by atoms with van der Waals surface area (Å²) >= 11 is 0. The Morgan fingerprint density at radius 1 is 1.54 bits per heavy atom. The predicted molar refractivity (Wildman–Crippen MR) is 49.5 cm³/mol. The fourth-order valence-corrected chi connectivity index (χ4v) is 0.871. The third-order valence-corrected chi connectivity index (χ3v) is 1.15. The van der Waals surface area contributed by atoms with E-state index in [1.807, 2.05) is 20.8 Å². The van der Waals surface area contributed by atoms with E-state index < -0.39 is 9.24 Å². The van der Waals surface area contributed by atoms with Crippen LogP contribution in [0.5, 0.6) is 0 Å². The van der Waals surface area contributed by atoms with E-state index in [1.165, 1.54) is 0 Å². The van der Waals surface area contributed by atoms with Crippen molar-refractivity contribution in [1.29, 1.82) is 0 Å². The van der Waals surface area contributed by atoms with E-state index in [-0.39, 0.29) is 11.9 Å². The standard InChI is InChI=1S/C6H12O2.ClH2NO2S/c1-5-4-7-6(2,3)8-5;1-5(2,3)4/h5H,4H2,1-3H3;(H2,2,3,4). The summed E-state index contributed by atoms with van der Waals surface area (Å²) in [6.45, 7) is 6.59. The van der Waals surface area contributed by atoms with Crippen molar-refractivity contribution in [2.45, 2.75) is 32.7 Å². The van der Waals surface area contributed by atoms with Crippen LogP contribution in [0, 0.1) is 0 Å². The van der Waals surface area contributed by atoms with E-state index in [1.54, 1.807) is 0 Å². The molecule has 0 radical (unpaired) electrons. The van der Waals surface area contributed by atoms with Gasteiger partial charge < -0.3 is 9.47 Å². The fraction of sp³-hybridized carbons (Fsp3) is 1.00. The van der Waals surface area contributed by atoms with Crippen molar-refractivity contribution in [3.05, 3.63) is 0 Å². The van der Waals surface area contributed by atoms with E-state index in [9.17, 15) is 8.42 Å². The number of hydrogen-bond acceptors (Lipinski definition) is 4. The molecule has 0 spiro atoms. The molecule has 2 N–H and O–H groups in total. The Morgan fingerprint density at radius 3 is 2.00 bits per heavy atom. The normalized spacial score (nSPS) is 26.4. The maximum absolute atomic E-state index is 9.18. The van der Waals surface area contributed by atoms with Gasteiger partial charge in [-0.3, -0.25) is 0 Å². The summed E-state index contributed by atoms with van der Waals surface area (Å²) in [5.41, 5.74) is 0. The topological polar surface area (TPSA) is 78.6 Å². The lowest BCUT2D eigenvalue weighted by Gasteiger charge is -2.15. The highest BCUT2D eigenvalue weighted by molar-refractivity contribution is 8.11. The van der Waals surface area contributed by atoms with Crippen molar-refractivity contribution in [2.24, 2.45) is 5.14 Å². The molecule has 0 aromatic heterocycles. The largest absolute Gasteiger partial charge is 0.348 e. The zero-order valence-corrected chi connectivity index (χ0v) is 9.35. The Bertz CT molecular complexity index is 243. The Hall–Kier alpha value is 0.120. The molecular formula is C6H14ClNO4S. The lowest BCUT2D eigenvalue weighted by atomic mass is 10.4. The highest BCUT2D eigenvalue weighted by Crippen LogP contribution is 2.21. The van der Waals surface area contributed by atoms with Crippen LogP contribution in [0.2, 0.25) is 0 Å². The van der Waals surface area contributed by atoms with Crippen LogP contribution in [0.3, 0.4) is 0 Å². The quantitative estimate of drug-likeness (QED) is 0.619. The third-order valence-electron chi connectivity index (χ3n) is 1.15. The summed E-state index contributed by atoms with van der Waals surface area (Å²) in [6, 6.07) is 0. The molecule has 0 aromatic carbocycles. The molecule has 1 aliphatic rings. The van der Waals surface area contributed by atoms with Crippen LogP contribution < -0.4 is 5.14 Å². The SMILES string of the molecule is CC1COC(C)(C)O1.NS(=O)(=O)Cl. The minimum atomic E-state index is -3.69. The van der Waals surface area contributed by atoms with Crippen LogP contribution >= 0.6 is 10.7 Å². The van der Waals surface area contributed by atoms with Crippen molar-refractivity contribution < 1.29 is 17.9 Å². The van der Waals surface area contributed by atoms with Gasteiger partial charge in [-0.15, -0.1) is 0 Å². The maximum Gasteiger partial charge on any atom is 0.294 e. The Labute approximate surface area is 82.7 Å². The van der Waals surface area contributed by atoms with Crippen LogP contribution in [0.15, 0.2) is 0 Å². The highest BCUT2D eigenvalue weighted by atomic mass is 35.7. The molecule has 0 saturated carbocycles. The van der Waals surface area contributed by atoms with Crippen molar-refractivity contribution >= 4 is 19.9 Å². The molecule has 1 aliphatic heterocycles. The minimum absolute atomic E-state index is 0.269. The van der Waals surface area contributed by atoms with Gasteiger partial charge >= 0.3 is 0 Å². The molecule has 1 rings (SSSR count). The molecular weight excluding hydrogens is 218 g/mol. The smallest absolute Gasteiger partial charge is 0.294 e. The molecule has 1 heterocycles. The average Bonchev–Trinajstić information content (AvgIpc) is 2.04. The molecule has 80 valence electrons. The Kier molecular flexibility index (Phi) is 4.61. The van der Waals surface area contributed by atoms with E-state index in [2.05, 4.69) is 15.8 Å². The molecule has 0 bridgehead atoms. The number of rotatable bonds is 0. The second-order valence-electron chi connectivity index (χ2n) is 3.11. The van der Waals surface area contributed by atoms with Gasteiger partial charge in [-0.1, -0.05) is 0 Å². The zero-order valence-electron chi connectivity index (χ0n) is 7.78. The van der Waals surface area contributed by atoms with Gasteiger partial charge in [0.1, 0.15) is 0 Å². The molecule has 13 heavy (non-hydrogen) atoms. The van der Waals surface area contributed by atoms with Gasteiger partial charge in [-0.2, -0.15) is 8.42 Å². The number of ether oxygens (including phenoxy) is 2. The first kappa shape index (κ1) is 13.1. The minimum Gasteiger partial charge on any atom is -0.348 e. The number of halogens is 1. The van der Waals surface area contributed by atoms with Crippen LogP contribution in [0.25, 0.3) is 0 Å². The third kappa shape index (κ3) is 10.0. The van der Waals surface area contributed by atoms with E-state index in [0.717, 1.165) is 6.61 Å². The van der Waals surface area contributed by atoms with Crippen LogP contribution in [-0.2, 0) is 18.7 Å². The van der Waals surface area contributed by atoms with Crippen LogP contribution in [0.1, 0.15) is 20.8 Å². The summed E-state index contributed by atoms with van der Waals surface area (Å²) in [5.74, 6) is -0.334. The summed E-state index contributed by atoms with van der Waals surface area (Å²) in [5, 5.41) is 4.09. The first-order chi connectivity index (χ1) is 5.60. The molecule has 1 saturated heterocycles. The van der Waals surface area contributed by atoms with Crippen LogP contribution in [-0.4, -0.2) is 26.9 Å². The lowest BCUT2D eigenvalue weighted by Crippen LogP contribution is -2.20. The average molecular weight is 232 g/mol. The second-order valence-corrected chi connectivity index (χ2v) is 5.36. The van der Waals surface area contributed by atoms with Crippen molar-refractivity contribution in [1.82, 2.24) is 0 Å². The fourth-order valence-electron chi connectivity index (χ4n) is 0.871. The van der Waals surface area contributed by atoms with E-state index in [4.69, 9.17) is 9.47 Å². The summed E-state index contributed by atoms with van der Waals surface area (Å²) in [7, 11) is 0.586. The van der Waals surface area contributed by atoms with E-state index >= 15 is 0 Å². The monoisotopic (exact) mass is 231 g/mol. The summed E-state index contributed by atoms with van der Waals surface area (Å²) < 4.78 is 28.9. The highest BCUT2D eigenvalue weighted by Gasteiger charge is 2.29. The van der Waals surface area contributed by atoms with Gasteiger partial charge in [0, 0.05) is 10.7 Å². The number of hydrogen-bond donors (Lipinski definition) is 1. The molecule has 1 atom stereocenters. The van der Waals surface area contributed by atoms with Gasteiger partial charge in [-0.25, -0.2) is 5.14 Å². The van der Waals surface area contributed by atoms with Crippen molar-refractivity contribution in [2.75, 3.05) is 6.61 Å². The molecule has 0 amide bonds. The molecule has 1 unspecified atom stereocenters. The first-order valence-electron chi connectivity index (χ1n) is 3.64. The first-order valence-corrected chi connectivity index (χ1v) is 6.01. The molecule has 0 aliphatic carbocycles. The Balaban J connectivity index is 0.000000252. The zero-order chi connectivity index (χ0) is 10.7. The molecule has 0 aromatic rings. The van der Waals surface area contributed by atoms with Crippen LogP contribution in [0.4, 0.5) is 0 Å². The number of nitrogens with two attached hydrogens (primary N) is 1. The van der Waals surface area contributed by atoms with E-state index in [0.29, 0.717) is 0 Å².